The summed E-state index contributed by atoms with van der Waals surface area (Å²) in [6, 6.07) is 14.6. The molecule has 0 radical (unpaired) electrons. The van der Waals surface area contributed by atoms with Crippen LogP contribution in [0.25, 0.3) is 0 Å². The lowest BCUT2D eigenvalue weighted by Crippen LogP contribution is -2.18. The minimum absolute atomic E-state index is 0.0978. The quantitative estimate of drug-likeness (QED) is 0.873. The van der Waals surface area contributed by atoms with Crippen molar-refractivity contribution in [2.45, 2.75) is 6.04 Å². The van der Waals surface area contributed by atoms with E-state index < -0.39 is 0 Å². The van der Waals surface area contributed by atoms with Gasteiger partial charge in [-0.1, -0.05) is 54.1 Å². The SMILES string of the molecule is CNC(c1ccccc1)c1cccc(F)c1Cl. The van der Waals surface area contributed by atoms with Gasteiger partial charge in [-0.05, 0) is 24.2 Å². The van der Waals surface area contributed by atoms with Gasteiger partial charge < -0.3 is 5.32 Å². The van der Waals surface area contributed by atoms with E-state index in [4.69, 9.17) is 11.6 Å². The van der Waals surface area contributed by atoms with E-state index in [1.807, 2.05) is 43.4 Å². The van der Waals surface area contributed by atoms with Crippen LogP contribution in [0, 0.1) is 5.82 Å². The minimum atomic E-state index is -0.389. The van der Waals surface area contributed by atoms with Crippen molar-refractivity contribution < 1.29 is 4.39 Å². The highest BCUT2D eigenvalue weighted by molar-refractivity contribution is 6.31. The summed E-state index contributed by atoms with van der Waals surface area (Å²) in [6.45, 7) is 0. The Hall–Kier alpha value is -1.38. The van der Waals surface area contributed by atoms with Crippen molar-refractivity contribution in [3.63, 3.8) is 0 Å². The van der Waals surface area contributed by atoms with Crippen LogP contribution in [0.5, 0.6) is 0 Å². The highest BCUT2D eigenvalue weighted by atomic mass is 35.5. The molecule has 3 heteroatoms. The first-order valence-corrected chi connectivity index (χ1v) is 5.78. The topological polar surface area (TPSA) is 12.0 Å². The van der Waals surface area contributed by atoms with Gasteiger partial charge in [-0.15, -0.1) is 0 Å². The lowest BCUT2D eigenvalue weighted by atomic mass is 9.99. The summed E-state index contributed by atoms with van der Waals surface area (Å²) in [5.74, 6) is -0.389. The van der Waals surface area contributed by atoms with E-state index in [1.54, 1.807) is 6.07 Å². The molecule has 0 aromatic heterocycles. The van der Waals surface area contributed by atoms with Gasteiger partial charge in [0.15, 0.2) is 0 Å². The van der Waals surface area contributed by atoms with Crippen molar-refractivity contribution >= 4 is 11.6 Å². The van der Waals surface area contributed by atoms with Crippen molar-refractivity contribution in [2.24, 2.45) is 0 Å². The summed E-state index contributed by atoms with van der Waals surface area (Å²) in [4.78, 5) is 0. The van der Waals surface area contributed by atoms with Crippen LogP contribution in [0.15, 0.2) is 48.5 Å². The van der Waals surface area contributed by atoms with E-state index in [1.165, 1.54) is 6.07 Å². The van der Waals surface area contributed by atoms with Gasteiger partial charge in [-0.2, -0.15) is 0 Å². The fourth-order valence-corrected chi connectivity index (χ4v) is 2.13. The van der Waals surface area contributed by atoms with Gasteiger partial charge in [0.25, 0.3) is 0 Å². The third-order valence-corrected chi connectivity index (χ3v) is 3.11. The van der Waals surface area contributed by atoms with Crippen LogP contribution in [-0.4, -0.2) is 7.05 Å². The molecule has 0 saturated heterocycles. The van der Waals surface area contributed by atoms with E-state index in [0.717, 1.165) is 11.1 Å². The number of benzene rings is 2. The van der Waals surface area contributed by atoms with Crippen molar-refractivity contribution in [3.05, 3.63) is 70.5 Å². The normalized spacial score (nSPS) is 12.4. The van der Waals surface area contributed by atoms with Crippen molar-refractivity contribution in [1.29, 1.82) is 0 Å². The minimum Gasteiger partial charge on any atom is -0.309 e. The van der Waals surface area contributed by atoms with Gasteiger partial charge in [-0.25, -0.2) is 4.39 Å². The number of rotatable bonds is 3. The Bertz CT molecular complexity index is 499. The molecule has 0 fully saturated rings. The molecule has 1 unspecified atom stereocenters. The van der Waals surface area contributed by atoms with Crippen molar-refractivity contribution in [2.75, 3.05) is 7.05 Å². The standard InChI is InChI=1S/C14H13ClFN/c1-17-14(10-6-3-2-4-7-10)11-8-5-9-12(16)13(11)15/h2-9,14,17H,1H3. The Morgan fingerprint density at radius 1 is 1.06 bits per heavy atom. The molecule has 2 aromatic carbocycles. The first-order valence-electron chi connectivity index (χ1n) is 5.40. The molecule has 0 saturated carbocycles. The molecule has 0 aliphatic rings. The fraction of sp³-hybridized carbons (Fsp3) is 0.143. The van der Waals surface area contributed by atoms with Crippen molar-refractivity contribution in [3.8, 4) is 0 Å². The summed E-state index contributed by atoms with van der Waals surface area (Å²) < 4.78 is 13.4. The summed E-state index contributed by atoms with van der Waals surface area (Å²) >= 11 is 6.00. The molecule has 0 spiro atoms. The second kappa shape index (κ2) is 5.30. The third-order valence-electron chi connectivity index (χ3n) is 2.71. The molecule has 1 N–H and O–H groups in total. The maximum atomic E-state index is 13.4. The summed E-state index contributed by atoms with van der Waals surface area (Å²) in [5.41, 5.74) is 1.81. The number of halogens is 2. The molecule has 0 aliphatic carbocycles. The van der Waals surface area contributed by atoms with Crippen molar-refractivity contribution in [1.82, 2.24) is 5.32 Å². The molecule has 2 aromatic rings. The highest BCUT2D eigenvalue weighted by Crippen LogP contribution is 2.29. The largest absolute Gasteiger partial charge is 0.309 e. The smallest absolute Gasteiger partial charge is 0.142 e. The van der Waals surface area contributed by atoms with Gasteiger partial charge in [0.05, 0.1) is 11.1 Å². The Morgan fingerprint density at radius 3 is 2.41 bits per heavy atom. The summed E-state index contributed by atoms with van der Waals surface area (Å²) in [7, 11) is 1.83. The van der Waals surface area contributed by atoms with Crippen LogP contribution >= 0.6 is 11.6 Å². The van der Waals surface area contributed by atoms with Crippen LogP contribution in [0.2, 0.25) is 5.02 Å². The summed E-state index contributed by atoms with van der Waals surface area (Å²) in [5, 5.41) is 3.33. The number of hydrogen-bond donors (Lipinski definition) is 1. The van der Waals surface area contributed by atoms with E-state index in [0.29, 0.717) is 0 Å². The number of hydrogen-bond acceptors (Lipinski definition) is 1. The summed E-state index contributed by atoms with van der Waals surface area (Å²) in [6.07, 6.45) is 0. The average Bonchev–Trinajstić information content (AvgIpc) is 2.37. The first kappa shape index (κ1) is 12.1. The zero-order valence-electron chi connectivity index (χ0n) is 9.45. The number of nitrogens with one attached hydrogen (secondary N) is 1. The average molecular weight is 250 g/mol. The molecule has 0 bridgehead atoms. The molecule has 88 valence electrons. The maximum absolute atomic E-state index is 13.4. The van der Waals surface area contributed by atoms with Gasteiger partial charge in [0.1, 0.15) is 5.82 Å². The van der Waals surface area contributed by atoms with Crippen LogP contribution < -0.4 is 5.32 Å². The second-order valence-corrected chi connectivity index (χ2v) is 4.15. The molecular weight excluding hydrogens is 237 g/mol. The Kier molecular flexibility index (Phi) is 3.77. The molecular formula is C14H13ClFN. The maximum Gasteiger partial charge on any atom is 0.142 e. The van der Waals surface area contributed by atoms with Gasteiger partial charge in [0, 0.05) is 0 Å². The molecule has 1 nitrogen and oxygen atoms in total. The predicted octanol–water partition coefficient (Wildman–Crippen LogP) is 3.79. The van der Waals surface area contributed by atoms with E-state index in [2.05, 4.69) is 5.32 Å². The zero-order chi connectivity index (χ0) is 12.3. The zero-order valence-corrected chi connectivity index (χ0v) is 10.2. The van der Waals surface area contributed by atoms with Crippen LogP contribution in [0.4, 0.5) is 4.39 Å². The van der Waals surface area contributed by atoms with Crippen LogP contribution in [0.3, 0.4) is 0 Å². The van der Waals surface area contributed by atoms with E-state index >= 15 is 0 Å². The lowest BCUT2D eigenvalue weighted by molar-refractivity contribution is 0.617. The third kappa shape index (κ3) is 2.48. The highest BCUT2D eigenvalue weighted by Gasteiger charge is 2.16. The Morgan fingerprint density at radius 2 is 1.76 bits per heavy atom. The van der Waals surface area contributed by atoms with E-state index in [9.17, 15) is 4.39 Å². The van der Waals surface area contributed by atoms with Crippen LogP contribution in [-0.2, 0) is 0 Å². The second-order valence-electron chi connectivity index (χ2n) is 3.78. The van der Waals surface area contributed by atoms with Gasteiger partial charge in [0.2, 0.25) is 0 Å². The Balaban J connectivity index is 2.46. The molecule has 17 heavy (non-hydrogen) atoms. The van der Waals surface area contributed by atoms with Crippen LogP contribution in [0.1, 0.15) is 17.2 Å². The van der Waals surface area contributed by atoms with Gasteiger partial charge >= 0.3 is 0 Å². The fourth-order valence-electron chi connectivity index (χ4n) is 1.89. The molecule has 0 heterocycles. The Labute approximate surface area is 105 Å². The molecule has 2 rings (SSSR count). The molecule has 1 atom stereocenters. The lowest BCUT2D eigenvalue weighted by Gasteiger charge is -2.18. The monoisotopic (exact) mass is 249 g/mol. The molecule has 0 amide bonds. The van der Waals surface area contributed by atoms with E-state index in [-0.39, 0.29) is 16.9 Å². The molecule has 0 aliphatic heterocycles. The first-order chi connectivity index (χ1) is 8.24. The van der Waals surface area contributed by atoms with Gasteiger partial charge in [-0.3, -0.25) is 0 Å². The predicted molar refractivity (Wildman–Crippen MR) is 68.8 cm³/mol.